The lowest BCUT2D eigenvalue weighted by molar-refractivity contribution is -0.0543. The second-order valence-electron chi connectivity index (χ2n) is 10.0. The Balaban J connectivity index is 1.42. The molecule has 2 heteroatoms. The van der Waals surface area contributed by atoms with Gasteiger partial charge in [0.2, 0.25) is 0 Å². The standard InChI is InChI=1S/C27H31BrO/c1-16-17(2)24-14-19(16)13-20(24)15-29-27(3,4)25-12-11-22-21-8-6-5-7-18(21)9-10-23(22)26(25)28/h5-12,16-17,19-20,24H,13-15H2,1-4H3. The normalized spacial score (nSPS) is 29.2. The van der Waals surface area contributed by atoms with Crippen molar-refractivity contribution in [2.24, 2.45) is 29.6 Å². The summed E-state index contributed by atoms with van der Waals surface area (Å²) in [4.78, 5) is 0. The first kappa shape index (κ1) is 19.6. The van der Waals surface area contributed by atoms with Gasteiger partial charge in [-0.2, -0.15) is 0 Å². The van der Waals surface area contributed by atoms with Crippen LogP contribution in [0.4, 0.5) is 0 Å². The number of ether oxygens (including phenoxy) is 1. The average Bonchev–Trinajstić information content (AvgIpc) is 3.26. The Hall–Kier alpha value is -1.38. The maximum absolute atomic E-state index is 6.62. The second kappa shape index (κ2) is 7.10. The zero-order valence-electron chi connectivity index (χ0n) is 17.9. The maximum Gasteiger partial charge on any atom is 0.0886 e. The summed E-state index contributed by atoms with van der Waals surface area (Å²) < 4.78 is 7.79. The van der Waals surface area contributed by atoms with Gasteiger partial charge >= 0.3 is 0 Å². The summed E-state index contributed by atoms with van der Waals surface area (Å²) in [5, 5.41) is 5.15. The smallest absolute Gasteiger partial charge is 0.0886 e. The molecule has 0 amide bonds. The van der Waals surface area contributed by atoms with E-state index in [1.54, 1.807) is 0 Å². The molecular formula is C27H31BrO. The third-order valence-electron chi connectivity index (χ3n) is 8.20. The van der Waals surface area contributed by atoms with Crippen molar-refractivity contribution in [2.45, 2.75) is 46.1 Å². The molecule has 29 heavy (non-hydrogen) atoms. The topological polar surface area (TPSA) is 9.23 Å². The highest BCUT2D eigenvalue weighted by Gasteiger charge is 2.48. The lowest BCUT2D eigenvalue weighted by Gasteiger charge is -2.35. The number of hydrogen-bond donors (Lipinski definition) is 0. The Morgan fingerprint density at radius 2 is 1.66 bits per heavy atom. The molecule has 152 valence electrons. The van der Waals surface area contributed by atoms with Crippen LogP contribution in [-0.2, 0) is 10.3 Å². The Labute approximate surface area is 183 Å². The van der Waals surface area contributed by atoms with Crippen LogP contribution in [0.25, 0.3) is 21.5 Å². The molecule has 0 saturated heterocycles. The van der Waals surface area contributed by atoms with Gasteiger partial charge in [-0.1, -0.05) is 62.4 Å². The van der Waals surface area contributed by atoms with Gasteiger partial charge in [-0.25, -0.2) is 0 Å². The summed E-state index contributed by atoms with van der Waals surface area (Å²) in [5.41, 5.74) is 0.930. The van der Waals surface area contributed by atoms with Crippen molar-refractivity contribution in [3.8, 4) is 0 Å². The zero-order valence-corrected chi connectivity index (χ0v) is 19.5. The van der Waals surface area contributed by atoms with Gasteiger partial charge in [0, 0.05) is 4.47 Å². The van der Waals surface area contributed by atoms with E-state index in [0.29, 0.717) is 0 Å². The predicted octanol–water partition coefficient (Wildman–Crippen LogP) is 7.94. The summed E-state index contributed by atoms with van der Waals surface area (Å²) in [5.74, 6) is 4.26. The summed E-state index contributed by atoms with van der Waals surface area (Å²) in [7, 11) is 0. The SMILES string of the molecule is CC1C2CC(COC(C)(C)c3ccc4c(ccc5ccccc54)c3Br)C(C2)C1C. The minimum absolute atomic E-state index is 0.310. The molecule has 2 bridgehead atoms. The third kappa shape index (κ3) is 3.15. The molecule has 5 atom stereocenters. The number of fused-ring (bicyclic) bond motifs is 5. The molecular weight excluding hydrogens is 420 g/mol. The predicted molar refractivity (Wildman–Crippen MR) is 126 cm³/mol. The monoisotopic (exact) mass is 450 g/mol. The fraction of sp³-hybridized carbons (Fsp3) is 0.481. The quantitative estimate of drug-likeness (QED) is 0.366. The molecule has 5 unspecified atom stereocenters. The molecule has 0 heterocycles. The molecule has 0 N–H and O–H groups in total. The van der Waals surface area contributed by atoms with Crippen molar-refractivity contribution in [2.75, 3.05) is 6.61 Å². The molecule has 2 aliphatic carbocycles. The summed E-state index contributed by atoms with van der Waals surface area (Å²) >= 11 is 3.93. The van der Waals surface area contributed by atoms with Crippen LogP contribution in [0, 0.1) is 29.6 Å². The molecule has 2 fully saturated rings. The number of benzene rings is 3. The molecule has 1 nitrogen and oxygen atoms in total. The van der Waals surface area contributed by atoms with Crippen molar-refractivity contribution < 1.29 is 4.74 Å². The molecule has 0 spiro atoms. The minimum Gasteiger partial charge on any atom is -0.371 e. The minimum atomic E-state index is -0.310. The average molecular weight is 451 g/mol. The van der Waals surface area contributed by atoms with Crippen LogP contribution in [-0.4, -0.2) is 6.61 Å². The van der Waals surface area contributed by atoms with Crippen LogP contribution in [0.1, 0.15) is 46.1 Å². The van der Waals surface area contributed by atoms with Crippen molar-refractivity contribution in [1.82, 2.24) is 0 Å². The fourth-order valence-corrected chi connectivity index (χ4v) is 7.15. The van der Waals surface area contributed by atoms with E-state index in [-0.39, 0.29) is 5.60 Å². The van der Waals surface area contributed by atoms with Gasteiger partial charge in [-0.15, -0.1) is 0 Å². The molecule has 2 aliphatic rings. The van der Waals surface area contributed by atoms with Crippen LogP contribution in [0.15, 0.2) is 53.0 Å². The Kier molecular flexibility index (Phi) is 4.79. The van der Waals surface area contributed by atoms with Crippen LogP contribution in [0.2, 0.25) is 0 Å². The van der Waals surface area contributed by atoms with E-state index in [9.17, 15) is 0 Å². The molecule has 5 rings (SSSR count). The van der Waals surface area contributed by atoms with Crippen molar-refractivity contribution in [1.29, 1.82) is 0 Å². The highest BCUT2D eigenvalue weighted by Crippen LogP contribution is 2.55. The van der Waals surface area contributed by atoms with Gasteiger partial charge < -0.3 is 4.74 Å². The van der Waals surface area contributed by atoms with E-state index in [1.807, 2.05) is 0 Å². The number of rotatable bonds is 4. The maximum atomic E-state index is 6.62. The van der Waals surface area contributed by atoms with E-state index >= 15 is 0 Å². The number of halogens is 1. The lowest BCUT2D eigenvalue weighted by atomic mass is 9.76. The zero-order chi connectivity index (χ0) is 20.3. The Morgan fingerprint density at radius 1 is 0.897 bits per heavy atom. The van der Waals surface area contributed by atoms with Gasteiger partial charge in [-0.05, 0) is 99.3 Å². The van der Waals surface area contributed by atoms with Crippen molar-refractivity contribution >= 4 is 37.5 Å². The summed E-state index contributed by atoms with van der Waals surface area (Å²) in [6, 6.07) is 17.6. The summed E-state index contributed by atoms with van der Waals surface area (Å²) in [6.07, 6.45) is 2.78. The first-order valence-corrected chi connectivity index (χ1v) is 11.9. The molecule has 3 aromatic carbocycles. The second-order valence-corrected chi connectivity index (χ2v) is 10.8. The lowest BCUT2D eigenvalue weighted by Crippen LogP contribution is -2.31. The van der Waals surface area contributed by atoms with Gasteiger partial charge in [-0.3, -0.25) is 0 Å². The first-order valence-electron chi connectivity index (χ1n) is 11.1. The Bertz CT molecular complexity index is 1070. The first-order chi connectivity index (χ1) is 13.9. The molecule has 3 aromatic rings. The van der Waals surface area contributed by atoms with Crippen molar-refractivity contribution in [3.05, 3.63) is 58.6 Å². The van der Waals surface area contributed by atoms with Gasteiger partial charge in [0.05, 0.1) is 12.2 Å². The Morgan fingerprint density at radius 3 is 2.41 bits per heavy atom. The van der Waals surface area contributed by atoms with Crippen molar-refractivity contribution in [3.63, 3.8) is 0 Å². The van der Waals surface area contributed by atoms with Gasteiger partial charge in [0.15, 0.2) is 0 Å². The van der Waals surface area contributed by atoms with E-state index in [4.69, 9.17) is 4.74 Å². The van der Waals surface area contributed by atoms with Gasteiger partial charge in [0.25, 0.3) is 0 Å². The van der Waals surface area contributed by atoms with Gasteiger partial charge in [0.1, 0.15) is 0 Å². The molecule has 2 saturated carbocycles. The summed E-state index contributed by atoms with van der Waals surface area (Å²) in [6.45, 7) is 10.2. The number of hydrogen-bond acceptors (Lipinski definition) is 1. The largest absolute Gasteiger partial charge is 0.371 e. The molecule has 0 aliphatic heterocycles. The van der Waals surface area contributed by atoms with E-state index in [1.165, 1.54) is 44.4 Å². The van der Waals surface area contributed by atoms with Crippen LogP contribution in [0.5, 0.6) is 0 Å². The van der Waals surface area contributed by atoms with E-state index in [2.05, 4.69) is 92.2 Å². The van der Waals surface area contributed by atoms with E-state index in [0.717, 1.165) is 36.2 Å². The molecule has 0 aromatic heterocycles. The van der Waals surface area contributed by atoms with Crippen LogP contribution < -0.4 is 0 Å². The fourth-order valence-electron chi connectivity index (χ4n) is 6.20. The van der Waals surface area contributed by atoms with Crippen LogP contribution >= 0.6 is 15.9 Å². The highest BCUT2D eigenvalue weighted by molar-refractivity contribution is 9.10. The van der Waals surface area contributed by atoms with E-state index < -0.39 is 0 Å². The molecule has 0 radical (unpaired) electrons. The third-order valence-corrected chi connectivity index (χ3v) is 9.06. The highest BCUT2D eigenvalue weighted by atomic mass is 79.9. The van der Waals surface area contributed by atoms with Crippen LogP contribution in [0.3, 0.4) is 0 Å².